The van der Waals surface area contributed by atoms with Crippen LogP contribution in [0.1, 0.15) is 44.3 Å². The predicted octanol–water partition coefficient (Wildman–Crippen LogP) is 5.25. The van der Waals surface area contributed by atoms with Crippen molar-refractivity contribution in [1.82, 2.24) is 10.2 Å². The Morgan fingerprint density at radius 3 is 2.57 bits per heavy atom. The van der Waals surface area contributed by atoms with Gasteiger partial charge in [-0.2, -0.15) is 0 Å². The van der Waals surface area contributed by atoms with Gasteiger partial charge in [-0.05, 0) is 55.3 Å². The van der Waals surface area contributed by atoms with Gasteiger partial charge in [0.05, 0.1) is 21.9 Å². The highest BCUT2D eigenvalue weighted by molar-refractivity contribution is 8.00. The molecular weight excluding hydrogens is 478 g/mol. The zero-order chi connectivity index (χ0) is 24.8. The Kier molecular flexibility index (Phi) is 8.49. The van der Waals surface area contributed by atoms with Crippen LogP contribution in [0.15, 0.2) is 64.0 Å². The summed E-state index contributed by atoms with van der Waals surface area (Å²) in [7, 11) is 5.63. The summed E-state index contributed by atoms with van der Waals surface area (Å²) in [5.74, 6) is 1.65. The van der Waals surface area contributed by atoms with Crippen molar-refractivity contribution in [1.29, 1.82) is 0 Å². The van der Waals surface area contributed by atoms with Gasteiger partial charge in [0.15, 0.2) is 0 Å². The van der Waals surface area contributed by atoms with Gasteiger partial charge in [-0.1, -0.05) is 47.6 Å². The summed E-state index contributed by atoms with van der Waals surface area (Å²) in [5, 5.41) is 16.8. The summed E-state index contributed by atoms with van der Waals surface area (Å²) < 4.78 is 6.34. The van der Waals surface area contributed by atoms with Gasteiger partial charge in [0.1, 0.15) is 5.75 Å². The van der Waals surface area contributed by atoms with E-state index >= 15 is 0 Å². The highest BCUT2D eigenvalue weighted by Crippen LogP contribution is 2.45. The van der Waals surface area contributed by atoms with Gasteiger partial charge in [0.2, 0.25) is 0 Å². The Hall–Kier alpha value is -2.81. The fraction of sp³-hybridized carbons (Fsp3) is 0.333. The van der Waals surface area contributed by atoms with Crippen LogP contribution in [0.4, 0.5) is 0 Å². The third-order valence-electron chi connectivity index (χ3n) is 6.13. The van der Waals surface area contributed by atoms with Crippen LogP contribution in [0.5, 0.6) is 5.75 Å². The van der Waals surface area contributed by atoms with E-state index in [0.717, 1.165) is 45.4 Å². The number of carbonyl (C=O) groups excluding carboxylic acids is 1. The molecule has 6 nitrogen and oxygen atoms in total. The molecule has 0 fully saturated rings. The van der Waals surface area contributed by atoms with E-state index in [1.807, 2.05) is 49.3 Å². The van der Waals surface area contributed by atoms with E-state index in [9.17, 15) is 10.0 Å². The fourth-order valence-corrected chi connectivity index (χ4v) is 6.81. The number of nitrogens with zero attached hydrogens (tertiary/aromatic N) is 2. The molecule has 0 spiro atoms. The summed E-state index contributed by atoms with van der Waals surface area (Å²) in [4.78, 5) is 16.0. The van der Waals surface area contributed by atoms with Crippen LogP contribution in [-0.2, 0) is 12.2 Å². The summed E-state index contributed by atoms with van der Waals surface area (Å²) in [5.41, 5.74) is 4.91. The third kappa shape index (κ3) is 6.07. The molecule has 1 aliphatic rings. The highest BCUT2D eigenvalue weighted by atomic mass is 32.2. The number of hydrogen-bond acceptors (Lipinski definition) is 7. The SMILES string of the molecule is COc1ccc(C2C/C(=N\O)c3c(SCc4ccccc4)sc(C(=O)NCCN(C)C)c3C2)cc1. The van der Waals surface area contributed by atoms with E-state index in [2.05, 4.69) is 34.7 Å². The molecule has 0 saturated carbocycles. The van der Waals surface area contributed by atoms with Gasteiger partial charge in [0.25, 0.3) is 5.91 Å². The minimum atomic E-state index is -0.0627. The Bertz CT molecular complexity index is 1170. The summed E-state index contributed by atoms with van der Waals surface area (Å²) in [6.45, 7) is 1.35. The van der Waals surface area contributed by atoms with Crippen LogP contribution in [0.2, 0.25) is 0 Å². The molecule has 0 radical (unpaired) electrons. The van der Waals surface area contributed by atoms with E-state index in [4.69, 9.17) is 4.74 Å². The first kappa shape index (κ1) is 25.3. The molecular formula is C27H31N3O3S2. The molecule has 1 amide bonds. The number of carbonyl (C=O) groups is 1. The maximum absolute atomic E-state index is 13.3. The number of amides is 1. The molecule has 2 aromatic carbocycles. The van der Waals surface area contributed by atoms with Crippen molar-refractivity contribution in [3.8, 4) is 5.75 Å². The summed E-state index contributed by atoms with van der Waals surface area (Å²) >= 11 is 3.21. The van der Waals surface area contributed by atoms with Gasteiger partial charge < -0.3 is 20.2 Å². The van der Waals surface area contributed by atoms with Crippen LogP contribution < -0.4 is 10.1 Å². The Labute approximate surface area is 215 Å². The monoisotopic (exact) mass is 509 g/mol. The molecule has 35 heavy (non-hydrogen) atoms. The van der Waals surface area contributed by atoms with Crippen molar-refractivity contribution < 1.29 is 14.7 Å². The van der Waals surface area contributed by atoms with E-state index in [1.165, 1.54) is 16.9 Å². The quantitative estimate of drug-likeness (QED) is 0.234. The molecule has 184 valence electrons. The molecule has 1 aromatic heterocycles. The number of hydrogen-bond donors (Lipinski definition) is 2. The van der Waals surface area contributed by atoms with Crippen LogP contribution >= 0.6 is 23.1 Å². The number of thiophene rings is 1. The largest absolute Gasteiger partial charge is 0.497 e. The van der Waals surface area contributed by atoms with Crippen LogP contribution in [0.25, 0.3) is 0 Å². The van der Waals surface area contributed by atoms with Crippen molar-refractivity contribution in [2.45, 2.75) is 28.7 Å². The second-order valence-electron chi connectivity index (χ2n) is 8.83. The molecule has 4 rings (SSSR count). The minimum absolute atomic E-state index is 0.0627. The Morgan fingerprint density at radius 1 is 1.17 bits per heavy atom. The fourth-order valence-electron chi connectivity index (χ4n) is 4.27. The normalized spacial score (nSPS) is 16.3. The van der Waals surface area contributed by atoms with Gasteiger partial charge in [-0.25, -0.2) is 0 Å². The lowest BCUT2D eigenvalue weighted by Crippen LogP contribution is -2.32. The average molecular weight is 510 g/mol. The number of benzene rings is 2. The number of rotatable bonds is 9. The number of likely N-dealkylation sites (N-methyl/N-ethyl adjacent to an activating group) is 1. The minimum Gasteiger partial charge on any atom is -0.497 e. The standard InChI is InChI=1S/C27H31N3O3S2/c1-30(2)14-13-28-26(31)25-22-15-20(19-9-11-21(33-3)12-10-19)16-23(29-32)24(22)27(35-25)34-17-18-7-5-4-6-8-18/h4-12,20,32H,13-17H2,1-3H3,(H,28,31)/b29-23+. The van der Waals surface area contributed by atoms with E-state index in [0.29, 0.717) is 23.6 Å². The van der Waals surface area contributed by atoms with Gasteiger partial charge in [-0.15, -0.1) is 23.1 Å². The molecule has 0 aliphatic heterocycles. The maximum Gasteiger partial charge on any atom is 0.261 e. The van der Waals surface area contributed by atoms with Crippen molar-refractivity contribution in [3.63, 3.8) is 0 Å². The molecule has 1 atom stereocenters. The molecule has 8 heteroatoms. The van der Waals surface area contributed by atoms with Crippen molar-refractivity contribution >= 4 is 34.7 Å². The van der Waals surface area contributed by atoms with Crippen LogP contribution in [0.3, 0.4) is 0 Å². The van der Waals surface area contributed by atoms with Crippen molar-refractivity contribution in [2.24, 2.45) is 5.16 Å². The molecule has 1 aliphatic carbocycles. The Balaban J connectivity index is 1.67. The summed E-state index contributed by atoms with van der Waals surface area (Å²) in [6, 6.07) is 18.3. The predicted molar refractivity (Wildman–Crippen MR) is 144 cm³/mol. The Morgan fingerprint density at radius 2 is 1.91 bits per heavy atom. The van der Waals surface area contributed by atoms with Crippen molar-refractivity contribution in [3.05, 3.63) is 81.7 Å². The lowest BCUT2D eigenvalue weighted by atomic mass is 9.80. The van der Waals surface area contributed by atoms with E-state index in [-0.39, 0.29) is 11.8 Å². The van der Waals surface area contributed by atoms with Crippen LogP contribution in [0, 0.1) is 0 Å². The zero-order valence-electron chi connectivity index (χ0n) is 20.3. The average Bonchev–Trinajstić information content (AvgIpc) is 3.26. The molecule has 0 saturated heterocycles. The molecule has 1 heterocycles. The first-order valence-electron chi connectivity index (χ1n) is 11.6. The van der Waals surface area contributed by atoms with Crippen LogP contribution in [-0.4, -0.2) is 56.0 Å². The topological polar surface area (TPSA) is 74.2 Å². The van der Waals surface area contributed by atoms with E-state index < -0.39 is 0 Å². The number of nitrogens with one attached hydrogen (secondary N) is 1. The number of fused-ring (bicyclic) bond motifs is 1. The molecule has 0 bridgehead atoms. The first-order valence-corrected chi connectivity index (χ1v) is 13.4. The zero-order valence-corrected chi connectivity index (χ0v) is 21.9. The molecule has 1 unspecified atom stereocenters. The maximum atomic E-state index is 13.3. The van der Waals surface area contributed by atoms with Gasteiger partial charge in [-0.3, -0.25) is 4.79 Å². The number of thioether (sulfide) groups is 1. The van der Waals surface area contributed by atoms with Gasteiger partial charge >= 0.3 is 0 Å². The van der Waals surface area contributed by atoms with Gasteiger partial charge in [0, 0.05) is 30.8 Å². The number of oxime groups is 1. The highest BCUT2D eigenvalue weighted by Gasteiger charge is 2.34. The van der Waals surface area contributed by atoms with E-state index in [1.54, 1.807) is 18.9 Å². The summed E-state index contributed by atoms with van der Waals surface area (Å²) in [6.07, 6.45) is 1.34. The number of methoxy groups -OCH3 is 1. The molecule has 3 aromatic rings. The number of ether oxygens (including phenoxy) is 1. The second kappa shape index (κ2) is 11.7. The molecule has 2 N–H and O–H groups in total. The van der Waals surface area contributed by atoms with Crippen molar-refractivity contribution in [2.75, 3.05) is 34.3 Å². The first-order chi connectivity index (χ1) is 17.0. The second-order valence-corrected chi connectivity index (χ2v) is 11.1. The lowest BCUT2D eigenvalue weighted by molar-refractivity contribution is 0.0954. The lowest BCUT2D eigenvalue weighted by Gasteiger charge is -2.25. The smallest absolute Gasteiger partial charge is 0.261 e. The third-order valence-corrected chi connectivity index (χ3v) is 8.70.